The molecule has 0 N–H and O–H groups in total. The molecule has 0 amide bonds. The van der Waals surface area contributed by atoms with Crippen molar-refractivity contribution < 1.29 is 4.79 Å². The number of fused-ring (bicyclic) bond motifs is 1. The molecule has 1 aliphatic carbocycles. The predicted octanol–water partition coefficient (Wildman–Crippen LogP) is 3.53. The Bertz CT molecular complexity index is 460. The summed E-state index contributed by atoms with van der Waals surface area (Å²) in [6.45, 7) is 1.19. The van der Waals surface area contributed by atoms with Crippen LogP contribution in [-0.2, 0) is 6.42 Å². The van der Waals surface area contributed by atoms with Crippen LogP contribution in [0.5, 0.6) is 0 Å². The average Bonchev–Trinajstić information content (AvgIpc) is 2.70. The molecule has 1 fully saturated rings. The minimum atomic E-state index is 0. The van der Waals surface area contributed by atoms with Crippen LogP contribution in [-0.4, -0.2) is 30.3 Å². The smallest absolute Gasteiger partial charge is 0.166 e. The maximum Gasteiger partial charge on any atom is 0.166 e. The molecule has 1 aromatic carbocycles. The maximum atomic E-state index is 12.4. The third-order valence-corrected chi connectivity index (χ3v) is 4.60. The third kappa shape index (κ3) is 3.02. The Balaban J connectivity index is 0.00000133. The largest absolute Gasteiger partial charge is 0.303 e. The summed E-state index contributed by atoms with van der Waals surface area (Å²) in [6, 6.07) is 8.73. The molecule has 1 saturated heterocycles. The van der Waals surface area contributed by atoms with Gasteiger partial charge >= 0.3 is 0 Å². The van der Waals surface area contributed by atoms with Gasteiger partial charge in [0.1, 0.15) is 0 Å². The van der Waals surface area contributed by atoms with Crippen molar-refractivity contribution in [2.45, 2.75) is 38.1 Å². The Morgan fingerprint density at radius 3 is 2.79 bits per heavy atom. The van der Waals surface area contributed by atoms with Gasteiger partial charge in [0.15, 0.2) is 5.78 Å². The van der Waals surface area contributed by atoms with Gasteiger partial charge in [0.2, 0.25) is 0 Å². The Hall–Kier alpha value is -0.420. The second-order valence-electron chi connectivity index (χ2n) is 5.79. The number of nitrogens with zero attached hydrogens (tertiary/aromatic N) is 1. The molecular formula is C16H22INO. The molecule has 0 spiro atoms. The number of hydrogen-bond acceptors (Lipinski definition) is 2. The molecule has 0 aromatic heterocycles. The number of benzene rings is 1. The van der Waals surface area contributed by atoms with Gasteiger partial charge in [0.05, 0.1) is 0 Å². The summed E-state index contributed by atoms with van der Waals surface area (Å²) < 4.78 is 0. The Morgan fingerprint density at radius 1 is 1.26 bits per heavy atom. The van der Waals surface area contributed by atoms with Gasteiger partial charge in [-0.25, -0.2) is 0 Å². The first kappa shape index (κ1) is 15.0. The number of piperidine rings is 1. The molecule has 2 atom stereocenters. The molecule has 3 heteroatoms. The maximum absolute atomic E-state index is 12.4. The topological polar surface area (TPSA) is 20.3 Å². The van der Waals surface area contributed by atoms with E-state index in [9.17, 15) is 4.79 Å². The molecule has 1 heterocycles. The van der Waals surface area contributed by atoms with E-state index >= 15 is 0 Å². The van der Waals surface area contributed by atoms with Crippen molar-refractivity contribution in [1.82, 2.24) is 4.90 Å². The molecule has 2 nitrogen and oxygen atoms in total. The van der Waals surface area contributed by atoms with Crippen LogP contribution in [0.25, 0.3) is 0 Å². The Labute approximate surface area is 132 Å². The first-order valence-corrected chi connectivity index (χ1v) is 7.08. The lowest BCUT2D eigenvalue weighted by molar-refractivity contribution is 0.0882. The first-order chi connectivity index (χ1) is 8.75. The van der Waals surface area contributed by atoms with Gasteiger partial charge in [0, 0.05) is 17.5 Å². The second-order valence-corrected chi connectivity index (χ2v) is 5.79. The van der Waals surface area contributed by atoms with E-state index < -0.39 is 0 Å². The van der Waals surface area contributed by atoms with E-state index in [0.29, 0.717) is 11.8 Å². The molecule has 0 bridgehead atoms. The zero-order valence-electron chi connectivity index (χ0n) is 11.5. The monoisotopic (exact) mass is 371 g/mol. The fraction of sp³-hybridized carbons (Fsp3) is 0.562. The highest BCUT2D eigenvalue weighted by molar-refractivity contribution is 14.0. The molecule has 3 rings (SSSR count). The summed E-state index contributed by atoms with van der Waals surface area (Å²) in [5, 5.41) is 0. The van der Waals surface area contributed by atoms with Crippen LogP contribution in [0.15, 0.2) is 24.3 Å². The van der Waals surface area contributed by atoms with Crippen LogP contribution in [0.1, 0.15) is 41.6 Å². The molecule has 1 aliphatic heterocycles. The van der Waals surface area contributed by atoms with E-state index in [1.165, 1.54) is 31.4 Å². The summed E-state index contributed by atoms with van der Waals surface area (Å²) in [5.74, 6) is 0.609. The van der Waals surface area contributed by atoms with Crippen LogP contribution in [0.2, 0.25) is 0 Å². The second kappa shape index (κ2) is 6.35. The van der Waals surface area contributed by atoms with Crippen molar-refractivity contribution in [2.75, 3.05) is 13.6 Å². The number of ketones is 1. The van der Waals surface area contributed by atoms with Crippen molar-refractivity contribution in [3.63, 3.8) is 0 Å². The number of hydrogen-bond donors (Lipinski definition) is 0. The predicted molar refractivity (Wildman–Crippen MR) is 88.3 cm³/mol. The Morgan fingerprint density at radius 2 is 2.05 bits per heavy atom. The van der Waals surface area contributed by atoms with Gasteiger partial charge in [-0.2, -0.15) is 0 Å². The number of Topliss-reactive ketones (excluding diaryl/α,β-unsaturated/α-hetero) is 1. The highest BCUT2D eigenvalue weighted by Gasteiger charge is 2.33. The zero-order chi connectivity index (χ0) is 12.5. The van der Waals surface area contributed by atoms with E-state index in [1.54, 1.807) is 0 Å². The molecule has 104 valence electrons. The lowest BCUT2D eigenvalue weighted by atomic mass is 9.90. The highest BCUT2D eigenvalue weighted by Crippen LogP contribution is 2.32. The van der Waals surface area contributed by atoms with E-state index in [0.717, 1.165) is 18.4 Å². The van der Waals surface area contributed by atoms with Gasteiger partial charge in [0.25, 0.3) is 0 Å². The zero-order valence-corrected chi connectivity index (χ0v) is 13.8. The minimum absolute atomic E-state index is 0. The van der Waals surface area contributed by atoms with Crippen molar-refractivity contribution in [3.8, 4) is 0 Å². The molecule has 0 radical (unpaired) electrons. The van der Waals surface area contributed by atoms with Crippen molar-refractivity contribution >= 4 is 29.8 Å². The van der Waals surface area contributed by atoms with Gasteiger partial charge < -0.3 is 4.90 Å². The highest BCUT2D eigenvalue weighted by atomic mass is 127. The normalized spacial score (nSPS) is 26.9. The van der Waals surface area contributed by atoms with Crippen LogP contribution in [0.4, 0.5) is 0 Å². The standard InChI is InChI=1S/C16H21NO.HI/c1-17-9-5-4-7-14(17)11-13-10-12-6-2-3-8-15(12)16(13)18;/h2-3,6,8,13-14H,4-5,7,9-11H2,1H3;1H. The van der Waals surface area contributed by atoms with Crippen molar-refractivity contribution in [2.24, 2.45) is 5.92 Å². The number of rotatable bonds is 2. The summed E-state index contributed by atoms with van der Waals surface area (Å²) >= 11 is 0. The fourth-order valence-corrected chi connectivity index (χ4v) is 3.48. The molecular weight excluding hydrogens is 349 g/mol. The summed E-state index contributed by atoms with van der Waals surface area (Å²) in [4.78, 5) is 14.8. The summed E-state index contributed by atoms with van der Waals surface area (Å²) in [7, 11) is 2.20. The van der Waals surface area contributed by atoms with Gasteiger partial charge in [-0.05, 0) is 44.8 Å². The van der Waals surface area contributed by atoms with Crippen LogP contribution in [0.3, 0.4) is 0 Å². The average molecular weight is 371 g/mol. The van der Waals surface area contributed by atoms with E-state index in [2.05, 4.69) is 18.0 Å². The SMILES string of the molecule is CN1CCCCC1CC1Cc2ccccc2C1=O.I. The quantitative estimate of drug-likeness (QED) is 0.742. The minimum Gasteiger partial charge on any atom is -0.303 e. The molecule has 1 aromatic rings. The number of likely N-dealkylation sites (tertiary alicyclic amines) is 1. The van der Waals surface area contributed by atoms with Crippen LogP contribution < -0.4 is 0 Å². The third-order valence-electron chi connectivity index (χ3n) is 4.60. The first-order valence-electron chi connectivity index (χ1n) is 7.08. The van der Waals surface area contributed by atoms with Crippen molar-refractivity contribution in [3.05, 3.63) is 35.4 Å². The van der Waals surface area contributed by atoms with Crippen molar-refractivity contribution in [1.29, 1.82) is 0 Å². The summed E-state index contributed by atoms with van der Waals surface area (Å²) in [5.41, 5.74) is 2.23. The molecule has 0 saturated carbocycles. The lowest BCUT2D eigenvalue weighted by Gasteiger charge is -2.33. The van der Waals surface area contributed by atoms with E-state index in [-0.39, 0.29) is 29.9 Å². The number of carbonyl (C=O) groups is 1. The molecule has 19 heavy (non-hydrogen) atoms. The molecule has 2 unspecified atom stereocenters. The van der Waals surface area contributed by atoms with E-state index in [4.69, 9.17) is 0 Å². The Kier molecular flexibility index (Phi) is 5.01. The number of halogens is 1. The summed E-state index contributed by atoms with van der Waals surface area (Å²) in [6.07, 6.45) is 5.90. The lowest BCUT2D eigenvalue weighted by Crippen LogP contribution is -2.38. The fourth-order valence-electron chi connectivity index (χ4n) is 3.48. The van der Waals surface area contributed by atoms with Gasteiger partial charge in [-0.3, -0.25) is 4.79 Å². The number of carbonyl (C=O) groups excluding carboxylic acids is 1. The van der Waals surface area contributed by atoms with Gasteiger partial charge in [-0.1, -0.05) is 30.7 Å². The van der Waals surface area contributed by atoms with E-state index in [1.807, 2.05) is 18.2 Å². The van der Waals surface area contributed by atoms with Crippen LogP contribution >= 0.6 is 24.0 Å². The molecule has 2 aliphatic rings. The van der Waals surface area contributed by atoms with Crippen LogP contribution in [0, 0.1) is 5.92 Å². The van der Waals surface area contributed by atoms with Gasteiger partial charge in [-0.15, -0.1) is 24.0 Å².